The maximum absolute atomic E-state index is 11.9. The molecule has 1 amide bonds. The number of carbonyl (C=O) groups is 2. The average Bonchev–Trinajstić information content (AvgIpc) is 2.99. The first-order chi connectivity index (χ1) is 8.66. The van der Waals surface area contributed by atoms with Crippen molar-refractivity contribution < 1.29 is 14.7 Å². The van der Waals surface area contributed by atoms with Gasteiger partial charge in [-0.2, -0.15) is 0 Å². The van der Waals surface area contributed by atoms with Crippen molar-refractivity contribution >= 4 is 11.9 Å². The van der Waals surface area contributed by atoms with E-state index in [2.05, 4.69) is 10.2 Å². The largest absolute Gasteiger partial charge is 0.481 e. The number of hydrogen-bond donors (Lipinski definition) is 2. The van der Waals surface area contributed by atoms with Gasteiger partial charge in [-0.15, -0.1) is 0 Å². The molecule has 2 rings (SSSR count). The van der Waals surface area contributed by atoms with Gasteiger partial charge in [0.1, 0.15) is 0 Å². The summed E-state index contributed by atoms with van der Waals surface area (Å²) >= 11 is 0. The van der Waals surface area contributed by atoms with Crippen molar-refractivity contribution in [3.8, 4) is 0 Å². The van der Waals surface area contributed by atoms with E-state index in [1.165, 1.54) is 12.8 Å². The van der Waals surface area contributed by atoms with Gasteiger partial charge < -0.3 is 15.3 Å². The quantitative estimate of drug-likeness (QED) is 0.757. The molecule has 1 heterocycles. The highest BCUT2D eigenvalue weighted by atomic mass is 16.4. The Hall–Kier alpha value is -1.10. The number of amides is 1. The summed E-state index contributed by atoms with van der Waals surface area (Å²) in [6.07, 6.45) is 4.38. The van der Waals surface area contributed by atoms with Gasteiger partial charge in [0.25, 0.3) is 0 Å². The molecule has 102 valence electrons. The van der Waals surface area contributed by atoms with Crippen LogP contribution in [0.5, 0.6) is 0 Å². The van der Waals surface area contributed by atoms with Crippen LogP contribution in [0.2, 0.25) is 0 Å². The number of carboxylic acids is 1. The Morgan fingerprint density at radius 3 is 2.44 bits per heavy atom. The standard InChI is InChI=1S/C13H22N2O3/c16-12(10-3-4-11(9-10)13(17)18)14-5-8-15-6-1-2-7-15/h10-11H,1-9H2,(H,14,16)(H,17,18)/t10-,11+/m1/s1. The molecule has 1 saturated carbocycles. The van der Waals surface area contributed by atoms with Gasteiger partial charge in [0.15, 0.2) is 0 Å². The number of nitrogens with zero attached hydrogens (tertiary/aromatic N) is 1. The first-order valence-corrected chi connectivity index (χ1v) is 6.89. The van der Waals surface area contributed by atoms with E-state index in [0.29, 0.717) is 25.8 Å². The van der Waals surface area contributed by atoms with E-state index in [1.54, 1.807) is 0 Å². The maximum atomic E-state index is 11.9. The van der Waals surface area contributed by atoms with Crippen molar-refractivity contribution in [1.82, 2.24) is 10.2 Å². The summed E-state index contributed by atoms with van der Waals surface area (Å²) in [6.45, 7) is 3.88. The fraction of sp³-hybridized carbons (Fsp3) is 0.846. The first kappa shape index (κ1) is 13.3. The Bertz CT molecular complexity index is 313. The van der Waals surface area contributed by atoms with E-state index in [4.69, 9.17) is 5.11 Å². The van der Waals surface area contributed by atoms with Crippen LogP contribution in [0.4, 0.5) is 0 Å². The van der Waals surface area contributed by atoms with Crippen LogP contribution in [0.3, 0.4) is 0 Å². The number of carboxylic acid groups (broad SMARTS) is 1. The number of aliphatic carboxylic acids is 1. The lowest BCUT2D eigenvalue weighted by Gasteiger charge is -2.16. The molecule has 18 heavy (non-hydrogen) atoms. The Kier molecular flexibility index (Phi) is 4.58. The van der Waals surface area contributed by atoms with Crippen molar-refractivity contribution in [2.24, 2.45) is 11.8 Å². The van der Waals surface area contributed by atoms with E-state index in [-0.39, 0.29) is 17.7 Å². The van der Waals surface area contributed by atoms with Crippen LogP contribution in [0, 0.1) is 11.8 Å². The molecule has 1 saturated heterocycles. The molecule has 1 aliphatic heterocycles. The number of hydrogen-bond acceptors (Lipinski definition) is 3. The maximum Gasteiger partial charge on any atom is 0.306 e. The highest BCUT2D eigenvalue weighted by molar-refractivity contribution is 5.80. The van der Waals surface area contributed by atoms with Crippen LogP contribution in [0.15, 0.2) is 0 Å². The topological polar surface area (TPSA) is 69.6 Å². The van der Waals surface area contributed by atoms with E-state index in [9.17, 15) is 9.59 Å². The minimum atomic E-state index is -0.762. The summed E-state index contributed by atoms with van der Waals surface area (Å²) in [5, 5.41) is 11.8. The highest BCUT2D eigenvalue weighted by Crippen LogP contribution is 2.30. The van der Waals surface area contributed by atoms with Crippen molar-refractivity contribution in [1.29, 1.82) is 0 Å². The van der Waals surface area contributed by atoms with Gasteiger partial charge in [-0.25, -0.2) is 0 Å². The molecular formula is C13H22N2O3. The molecule has 0 aromatic carbocycles. The summed E-state index contributed by atoms with van der Waals surface area (Å²) in [6, 6.07) is 0. The summed E-state index contributed by atoms with van der Waals surface area (Å²) in [5.74, 6) is -1.13. The predicted molar refractivity (Wildman–Crippen MR) is 67.2 cm³/mol. The molecule has 2 atom stereocenters. The van der Waals surface area contributed by atoms with Crippen LogP contribution in [-0.4, -0.2) is 48.1 Å². The Balaban J connectivity index is 1.64. The van der Waals surface area contributed by atoms with Crippen LogP contribution in [-0.2, 0) is 9.59 Å². The van der Waals surface area contributed by atoms with Crippen molar-refractivity contribution in [2.75, 3.05) is 26.2 Å². The minimum Gasteiger partial charge on any atom is -0.481 e. The molecule has 0 spiro atoms. The lowest BCUT2D eigenvalue weighted by Crippen LogP contribution is -2.36. The highest BCUT2D eigenvalue weighted by Gasteiger charge is 2.33. The third-order valence-electron chi connectivity index (χ3n) is 4.08. The summed E-state index contributed by atoms with van der Waals surface area (Å²) in [4.78, 5) is 25.0. The van der Waals surface area contributed by atoms with Crippen molar-refractivity contribution in [3.63, 3.8) is 0 Å². The zero-order chi connectivity index (χ0) is 13.0. The van der Waals surface area contributed by atoms with Gasteiger partial charge in [0.2, 0.25) is 5.91 Å². The Labute approximate surface area is 108 Å². The number of carbonyl (C=O) groups excluding carboxylic acids is 1. The summed E-state index contributed by atoms with van der Waals surface area (Å²) in [5.41, 5.74) is 0. The third-order valence-corrected chi connectivity index (χ3v) is 4.08. The monoisotopic (exact) mass is 254 g/mol. The number of nitrogens with one attached hydrogen (secondary N) is 1. The number of likely N-dealkylation sites (tertiary alicyclic amines) is 1. The van der Waals surface area contributed by atoms with Gasteiger partial charge in [0.05, 0.1) is 5.92 Å². The molecule has 0 aromatic rings. The third kappa shape index (κ3) is 3.45. The Morgan fingerprint density at radius 2 is 1.83 bits per heavy atom. The van der Waals surface area contributed by atoms with Crippen molar-refractivity contribution in [2.45, 2.75) is 32.1 Å². The van der Waals surface area contributed by atoms with E-state index < -0.39 is 5.97 Å². The number of rotatable bonds is 5. The lowest BCUT2D eigenvalue weighted by molar-refractivity contribution is -0.141. The van der Waals surface area contributed by atoms with Crippen LogP contribution >= 0.6 is 0 Å². The van der Waals surface area contributed by atoms with E-state index in [0.717, 1.165) is 19.6 Å². The SMILES string of the molecule is O=C(O)[C@H]1CC[C@@H](C(=O)NCCN2CCCC2)C1. The smallest absolute Gasteiger partial charge is 0.306 e. The van der Waals surface area contributed by atoms with E-state index >= 15 is 0 Å². The summed E-state index contributed by atoms with van der Waals surface area (Å²) < 4.78 is 0. The molecule has 5 nitrogen and oxygen atoms in total. The molecular weight excluding hydrogens is 232 g/mol. The van der Waals surface area contributed by atoms with Gasteiger partial charge in [-0.05, 0) is 45.2 Å². The zero-order valence-corrected chi connectivity index (χ0v) is 10.7. The fourth-order valence-corrected chi connectivity index (χ4v) is 2.93. The normalized spacial score (nSPS) is 28.4. The molecule has 1 aliphatic carbocycles. The average molecular weight is 254 g/mol. The molecule has 0 radical (unpaired) electrons. The van der Waals surface area contributed by atoms with Gasteiger partial charge in [-0.1, -0.05) is 0 Å². The summed E-state index contributed by atoms with van der Waals surface area (Å²) in [7, 11) is 0. The second-order valence-corrected chi connectivity index (χ2v) is 5.38. The Morgan fingerprint density at radius 1 is 1.17 bits per heavy atom. The minimum absolute atomic E-state index is 0.0398. The van der Waals surface area contributed by atoms with Crippen LogP contribution in [0.25, 0.3) is 0 Å². The van der Waals surface area contributed by atoms with Crippen LogP contribution in [0.1, 0.15) is 32.1 Å². The van der Waals surface area contributed by atoms with Gasteiger partial charge in [-0.3, -0.25) is 9.59 Å². The fourth-order valence-electron chi connectivity index (χ4n) is 2.93. The van der Waals surface area contributed by atoms with Crippen LogP contribution < -0.4 is 5.32 Å². The molecule has 0 unspecified atom stereocenters. The van der Waals surface area contributed by atoms with Crippen molar-refractivity contribution in [3.05, 3.63) is 0 Å². The molecule has 0 aromatic heterocycles. The molecule has 2 fully saturated rings. The van der Waals surface area contributed by atoms with Gasteiger partial charge >= 0.3 is 5.97 Å². The second-order valence-electron chi connectivity index (χ2n) is 5.38. The zero-order valence-electron chi connectivity index (χ0n) is 10.7. The molecule has 0 bridgehead atoms. The molecule has 2 N–H and O–H groups in total. The predicted octanol–water partition coefficient (Wildman–Crippen LogP) is 0.699. The van der Waals surface area contributed by atoms with E-state index in [1.807, 2.05) is 0 Å². The second kappa shape index (κ2) is 6.18. The lowest BCUT2D eigenvalue weighted by atomic mass is 10.0. The molecule has 5 heteroatoms. The van der Waals surface area contributed by atoms with Gasteiger partial charge in [0, 0.05) is 19.0 Å². The molecule has 2 aliphatic rings. The first-order valence-electron chi connectivity index (χ1n) is 6.89.